The van der Waals surface area contributed by atoms with Crippen molar-refractivity contribution in [3.63, 3.8) is 0 Å². The number of benzene rings is 1. The largest absolute Gasteiger partial charge is 0.348 e. The standard InChI is InChI=1S/C19H18FN3O3S/c1-4-16-9-15(10-17(20)19(16)23-27(3,25)26)12-22-18(24)8-7-14-6-5-13(2)21-11-14/h1,5-11,23H,12H2,2-3H3,(H,22,24)/b8-7+. The number of carbonyl (C=O) groups excluding carboxylic acids is 1. The highest BCUT2D eigenvalue weighted by Crippen LogP contribution is 2.22. The second-order valence-corrected chi connectivity index (χ2v) is 7.55. The van der Waals surface area contributed by atoms with E-state index in [2.05, 4.69) is 20.9 Å². The maximum absolute atomic E-state index is 14.2. The van der Waals surface area contributed by atoms with Gasteiger partial charge in [0, 0.05) is 24.5 Å². The number of nitrogens with one attached hydrogen (secondary N) is 2. The molecule has 2 N–H and O–H groups in total. The lowest BCUT2D eigenvalue weighted by Gasteiger charge is -2.11. The van der Waals surface area contributed by atoms with E-state index in [9.17, 15) is 17.6 Å². The molecular weight excluding hydrogens is 369 g/mol. The summed E-state index contributed by atoms with van der Waals surface area (Å²) in [5.74, 6) is 1.04. The first-order valence-electron chi connectivity index (χ1n) is 7.83. The minimum absolute atomic E-state index is 0.0279. The van der Waals surface area contributed by atoms with Crippen LogP contribution < -0.4 is 10.0 Å². The van der Waals surface area contributed by atoms with E-state index in [0.29, 0.717) is 5.56 Å². The van der Waals surface area contributed by atoms with E-state index in [1.165, 1.54) is 12.1 Å². The molecule has 27 heavy (non-hydrogen) atoms. The number of anilines is 1. The summed E-state index contributed by atoms with van der Waals surface area (Å²) in [5.41, 5.74) is 1.80. The zero-order valence-corrected chi connectivity index (χ0v) is 15.6. The average Bonchev–Trinajstić information content (AvgIpc) is 2.60. The molecule has 0 unspecified atom stereocenters. The SMILES string of the molecule is C#Cc1cc(CNC(=O)/C=C/c2ccc(C)nc2)cc(F)c1NS(C)(=O)=O. The average molecular weight is 387 g/mol. The van der Waals surface area contributed by atoms with Crippen LogP contribution in [0, 0.1) is 25.1 Å². The number of pyridine rings is 1. The van der Waals surface area contributed by atoms with Crippen molar-refractivity contribution in [2.45, 2.75) is 13.5 Å². The number of hydrogen-bond donors (Lipinski definition) is 2. The minimum atomic E-state index is -3.68. The van der Waals surface area contributed by atoms with Crippen LogP contribution in [0.25, 0.3) is 6.08 Å². The van der Waals surface area contributed by atoms with Crippen molar-refractivity contribution in [2.24, 2.45) is 0 Å². The van der Waals surface area contributed by atoms with Crippen LogP contribution in [0.15, 0.2) is 36.5 Å². The number of amides is 1. The molecule has 1 heterocycles. The first-order chi connectivity index (χ1) is 12.7. The fourth-order valence-electron chi connectivity index (χ4n) is 2.17. The number of carbonyl (C=O) groups is 1. The summed E-state index contributed by atoms with van der Waals surface area (Å²) in [4.78, 5) is 16.0. The number of aryl methyl sites for hydroxylation is 1. The second kappa shape index (κ2) is 8.47. The Balaban J connectivity index is 2.07. The van der Waals surface area contributed by atoms with Crippen molar-refractivity contribution < 1.29 is 17.6 Å². The number of aromatic nitrogens is 1. The molecule has 1 amide bonds. The summed E-state index contributed by atoms with van der Waals surface area (Å²) in [7, 11) is -3.68. The Bertz CT molecular complexity index is 1020. The van der Waals surface area contributed by atoms with Crippen LogP contribution in [-0.2, 0) is 21.4 Å². The second-order valence-electron chi connectivity index (χ2n) is 5.80. The van der Waals surface area contributed by atoms with Gasteiger partial charge >= 0.3 is 0 Å². The molecule has 0 spiro atoms. The summed E-state index contributed by atoms with van der Waals surface area (Å²) in [6.07, 6.45) is 10.8. The fraction of sp³-hybridized carbons (Fsp3) is 0.158. The van der Waals surface area contributed by atoms with Crippen molar-refractivity contribution in [3.05, 3.63) is 64.7 Å². The van der Waals surface area contributed by atoms with Gasteiger partial charge < -0.3 is 5.32 Å². The van der Waals surface area contributed by atoms with Crippen molar-refractivity contribution in [1.82, 2.24) is 10.3 Å². The number of hydrogen-bond acceptors (Lipinski definition) is 4. The third kappa shape index (κ3) is 6.24. The maximum Gasteiger partial charge on any atom is 0.244 e. The van der Waals surface area contributed by atoms with Crippen LogP contribution in [0.4, 0.5) is 10.1 Å². The van der Waals surface area contributed by atoms with E-state index in [-0.39, 0.29) is 23.7 Å². The maximum atomic E-state index is 14.2. The predicted molar refractivity (Wildman–Crippen MR) is 103 cm³/mol. The smallest absolute Gasteiger partial charge is 0.244 e. The van der Waals surface area contributed by atoms with Gasteiger partial charge in [-0.25, -0.2) is 12.8 Å². The summed E-state index contributed by atoms with van der Waals surface area (Å²) in [6.45, 7) is 1.89. The van der Waals surface area contributed by atoms with Crippen molar-refractivity contribution in [3.8, 4) is 12.3 Å². The number of terminal acetylenes is 1. The third-order valence-corrected chi connectivity index (χ3v) is 4.00. The topological polar surface area (TPSA) is 88.2 Å². The molecule has 0 atom stereocenters. The predicted octanol–water partition coefficient (Wildman–Crippen LogP) is 2.21. The van der Waals surface area contributed by atoms with E-state index < -0.39 is 15.8 Å². The Hall–Kier alpha value is -3.18. The third-order valence-electron chi connectivity index (χ3n) is 3.42. The lowest BCUT2D eigenvalue weighted by molar-refractivity contribution is -0.116. The Morgan fingerprint density at radius 1 is 1.37 bits per heavy atom. The van der Waals surface area contributed by atoms with E-state index in [1.807, 2.05) is 19.1 Å². The lowest BCUT2D eigenvalue weighted by atomic mass is 10.1. The van der Waals surface area contributed by atoms with E-state index in [4.69, 9.17) is 6.42 Å². The molecule has 1 aromatic heterocycles. The molecule has 1 aromatic carbocycles. The van der Waals surface area contributed by atoms with E-state index in [0.717, 1.165) is 23.6 Å². The summed E-state index contributed by atoms with van der Waals surface area (Å²) < 4.78 is 38.9. The summed E-state index contributed by atoms with van der Waals surface area (Å²) in [6, 6.07) is 6.20. The van der Waals surface area contributed by atoms with Crippen molar-refractivity contribution in [2.75, 3.05) is 11.0 Å². The number of rotatable bonds is 6. The highest BCUT2D eigenvalue weighted by atomic mass is 32.2. The monoisotopic (exact) mass is 387 g/mol. The van der Waals surface area contributed by atoms with Gasteiger partial charge in [0.15, 0.2) is 0 Å². The minimum Gasteiger partial charge on any atom is -0.348 e. The van der Waals surface area contributed by atoms with Gasteiger partial charge in [0.05, 0.1) is 17.5 Å². The van der Waals surface area contributed by atoms with E-state index >= 15 is 0 Å². The molecule has 0 aliphatic rings. The van der Waals surface area contributed by atoms with Crippen LogP contribution in [0.2, 0.25) is 0 Å². The molecule has 6 nitrogen and oxygen atoms in total. The van der Waals surface area contributed by atoms with Gasteiger partial charge in [-0.15, -0.1) is 6.42 Å². The number of sulfonamides is 1. The molecule has 0 saturated carbocycles. The molecular formula is C19H18FN3O3S. The molecule has 0 saturated heterocycles. The molecule has 0 radical (unpaired) electrons. The van der Waals surface area contributed by atoms with Gasteiger partial charge in [-0.05, 0) is 42.3 Å². The molecule has 140 valence electrons. The molecule has 0 bridgehead atoms. The zero-order valence-electron chi connectivity index (χ0n) is 14.8. The van der Waals surface area contributed by atoms with Crippen LogP contribution in [0.3, 0.4) is 0 Å². The van der Waals surface area contributed by atoms with Crippen molar-refractivity contribution in [1.29, 1.82) is 0 Å². The Kier molecular flexibility index (Phi) is 6.32. The Labute approximate surface area is 157 Å². The zero-order chi connectivity index (χ0) is 20.0. The van der Waals surface area contributed by atoms with Gasteiger partial charge in [-0.2, -0.15) is 0 Å². The Morgan fingerprint density at radius 2 is 2.11 bits per heavy atom. The molecule has 0 fully saturated rings. The quantitative estimate of drug-likeness (QED) is 0.588. The van der Waals surface area contributed by atoms with Crippen LogP contribution in [-0.4, -0.2) is 25.6 Å². The molecule has 0 aliphatic carbocycles. The van der Waals surface area contributed by atoms with Crippen LogP contribution in [0.5, 0.6) is 0 Å². The van der Waals surface area contributed by atoms with E-state index in [1.54, 1.807) is 12.3 Å². The van der Waals surface area contributed by atoms with Gasteiger partial charge in [0.2, 0.25) is 15.9 Å². The van der Waals surface area contributed by atoms with Crippen LogP contribution in [0.1, 0.15) is 22.4 Å². The van der Waals surface area contributed by atoms with Crippen LogP contribution >= 0.6 is 0 Å². The normalized spacial score (nSPS) is 11.2. The fourth-order valence-corrected chi connectivity index (χ4v) is 2.74. The van der Waals surface area contributed by atoms with Crippen molar-refractivity contribution >= 4 is 27.7 Å². The first kappa shape index (κ1) is 20.1. The summed E-state index contributed by atoms with van der Waals surface area (Å²) >= 11 is 0. The molecule has 0 aliphatic heterocycles. The van der Waals surface area contributed by atoms with Gasteiger partial charge in [0.25, 0.3) is 0 Å². The van der Waals surface area contributed by atoms with Gasteiger partial charge in [0.1, 0.15) is 5.82 Å². The highest BCUT2D eigenvalue weighted by molar-refractivity contribution is 7.92. The number of nitrogens with zero attached hydrogens (tertiary/aromatic N) is 1. The highest BCUT2D eigenvalue weighted by Gasteiger charge is 2.14. The number of halogens is 1. The van der Waals surface area contributed by atoms with Gasteiger partial charge in [-0.1, -0.05) is 12.0 Å². The lowest BCUT2D eigenvalue weighted by Crippen LogP contribution is -2.20. The first-order valence-corrected chi connectivity index (χ1v) is 9.72. The molecule has 2 rings (SSSR count). The Morgan fingerprint density at radius 3 is 2.70 bits per heavy atom. The van der Waals surface area contributed by atoms with Gasteiger partial charge in [-0.3, -0.25) is 14.5 Å². The summed E-state index contributed by atoms with van der Waals surface area (Å²) in [5, 5.41) is 2.61. The molecule has 8 heteroatoms. The molecule has 2 aromatic rings.